The van der Waals surface area contributed by atoms with Crippen LogP contribution >= 0.6 is 15.9 Å². The van der Waals surface area contributed by atoms with Gasteiger partial charge in [-0.3, -0.25) is 19.7 Å². The average molecular weight is 443 g/mol. The number of hydrogen-bond acceptors (Lipinski definition) is 6. The number of aromatic nitrogens is 4. The number of H-pyrrole nitrogens is 1. The molecule has 0 bridgehead atoms. The zero-order valence-corrected chi connectivity index (χ0v) is 17.3. The van der Waals surface area contributed by atoms with Gasteiger partial charge < -0.3 is 11.1 Å². The monoisotopic (exact) mass is 442 g/mol. The highest BCUT2D eigenvalue weighted by Gasteiger charge is 2.05. The highest BCUT2D eigenvalue weighted by Crippen LogP contribution is 2.17. The summed E-state index contributed by atoms with van der Waals surface area (Å²) in [5, 5.41) is 3.16. The molecule has 0 spiro atoms. The Balaban J connectivity index is 1.46. The summed E-state index contributed by atoms with van der Waals surface area (Å²) in [6.07, 6.45) is 8.34. The first-order valence-corrected chi connectivity index (χ1v) is 9.94. The molecule has 0 saturated heterocycles. The van der Waals surface area contributed by atoms with Gasteiger partial charge in [0.1, 0.15) is 0 Å². The Morgan fingerprint density at radius 3 is 2.71 bits per heavy atom. The molecule has 0 fully saturated rings. The van der Waals surface area contributed by atoms with Crippen LogP contribution in [0.25, 0.3) is 0 Å². The van der Waals surface area contributed by atoms with Crippen molar-refractivity contribution in [3.63, 3.8) is 0 Å². The molecular weight excluding hydrogens is 420 g/mol. The molecule has 0 aliphatic carbocycles. The van der Waals surface area contributed by atoms with Crippen molar-refractivity contribution in [3.05, 3.63) is 74.1 Å². The summed E-state index contributed by atoms with van der Waals surface area (Å²) in [5.41, 5.74) is 9.99. The lowest BCUT2D eigenvalue weighted by Crippen LogP contribution is -2.17. The number of nitrogens with zero attached hydrogens (tertiary/aromatic N) is 3. The Bertz CT molecular complexity index is 987. The maximum Gasteiger partial charge on any atom is 0.255 e. The summed E-state index contributed by atoms with van der Waals surface area (Å²) in [4.78, 5) is 28.0. The highest BCUT2D eigenvalue weighted by molar-refractivity contribution is 9.10. The molecule has 3 aromatic rings. The van der Waals surface area contributed by atoms with Gasteiger partial charge in [0.25, 0.3) is 5.56 Å². The van der Waals surface area contributed by atoms with E-state index in [9.17, 15) is 4.79 Å². The summed E-state index contributed by atoms with van der Waals surface area (Å²) in [6, 6.07) is 5.77. The van der Waals surface area contributed by atoms with Crippen LogP contribution in [0.2, 0.25) is 0 Å². The van der Waals surface area contributed by atoms with Crippen LogP contribution < -0.4 is 16.6 Å². The van der Waals surface area contributed by atoms with Crippen LogP contribution in [0.4, 0.5) is 11.6 Å². The van der Waals surface area contributed by atoms with Crippen molar-refractivity contribution in [2.24, 2.45) is 0 Å². The second-order valence-corrected chi connectivity index (χ2v) is 7.56. The molecule has 0 aliphatic rings. The predicted molar refractivity (Wildman–Crippen MR) is 114 cm³/mol. The molecular formula is C20H23BrN6O. The van der Waals surface area contributed by atoms with Crippen molar-refractivity contribution >= 4 is 27.6 Å². The number of hydrogen-bond donors (Lipinski definition) is 3. The molecule has 3 aromatic heterocycles. The Morgan fingerprint density at radius 1 is 1.14 bits per heavy atom. The molecule has 0 aromatic carbocycles. The fourth-order valence-corrected chi connectivity index (χ4v) is 3.13. The molecule has 4 N–H and O–H groups in total. The normalized spacial score (nSPS) is 10.8. The van der Waals surface area contributed by atoms with Gasteiger partial charge in [-0.2, -0.15) is 0 Å². The zero-order chi connectivity index (χ0) is 19.9. The molecule has 0 unspecified atom stereocenters. The van der Waals surface area contributed by atoms with Crippen molar-refractivity contribution in [2.45, 2.75) is 32.6 Å². The van der Waals surface area contributed by atoms with Gasteiger partial charge in [0.15, 0.2) is 0 Å². The van der Waals surface area contributed by atoms with E-state index in [0.29, 0.717) is 30.2 Å². The number of halogens is 1. The van der Waals surface area contributed by atoms with Gasteiger partial charge in [-0.25, -0.2) is 4.98 Å². The minimum absolute atomic E-state index is 0.134. The lowest BCUT2D eigenvalue weighted by molar-refractivity contribution is 0.746. The van der Waals surface area contributed by atoms with E-state index in [-0.39, 0.29) is 5.56 Å². The Hall–Kier alpha value is -2.74. The van der Waals surface area contributed by atoms with Crippen LogP contribution in [0, 0.1) is 6.92 Å². The van der Waals surface area contributed by atoms with Crippen LogP contribution in [0.1, 0.15) is 35.4 Å². The van der Waals surface area contributed by atoms with E-state index < -0.39 is 0 Å². The maximum absolute atomic E-state index is 12.3. The van der Waals surface area contributed by atoms with E-state index in [4.69, 9.17) is 5.73 Å². The lowest BCUT2D eigenvalue weighted by atomic mass is 10.1. The smallest absolute Gasteiger partial charge is 0.255 e. The summed E-state index contributed by atoms with van der Waals surface area (Å²) in [5.74, 6) is 0.483. The van der Waals surface area contributed by atoms with Crippen molar-refractivity contribution < 1.29 is 0 Å². The van der Waals surface area contributed by atoms with Gasteiger partial charge in [0, 0.05) is 47.3 Å². The van der Waals surface area contributed by atoms with Crippen LogP contribution in [-0.2, 0) is 12.8 Å². The topological polar surface area (TPSA) is 110 Å². The largest absolute Gasteiger partial charge is 0.397 e. The minimum Gasteiger partial charge on any atom is -0.397 e. The standard InChI is InChI=1S/C20H23BrN6O/c1-13-5-6-14(10-24-13)8-15-11-26-20(27-19(15)28)23-7-3-2-4-18-17(22)9-16(21)12-25-18/h5-6,9-12H,2-4,7-8,22H2,1H3,(H2,23,26,27,28). The van der Waals surface area contributed by atoms with Gasteiger partial charge >= 0.3 is 0 Å². The summed E-state index contributed by atoms with van der Waals surface area (Å²) in [6.45, 7) is 2.64. The van der Waals surface area contributed by atoms with Gasteiger partial charge in [0.05, 0.1) is 11.4 Å². The third-order valence-corrected chi connectivity index (χ3v) is 4.78. The molecule has 146 valence electrons. The molecule has 7 nitrogen and oxygen atoms in total. The second kappa shape index (κ2) is 9.45. The Kier molecular flexibility index (Phi) is 6.76. The minimum atomic E-state index is -0.134. The molecule has 3 heterocycles. The number of nitrogens with one attached hydrogen (secondary N) is 2. The van der Waals surface area contributed by atoms with Crippen LogP contribution in [0.15, 0.2) is 46.1 Å². The number of nitrogens with two attached hydrogens (primary N) is 1. The number of rotatable bonds is 8. The van der Waals surface area contributed by atoms with Gasteiger partial charge in [-0.05, 0) is 59.8 Å². The molecule has 0 atom stereocenters. The van der Waals surface area contributed by atoms with E-state index in [0.717, 1.165) is 40.7 Å². The predicted octanol–water partition coefficient (Wildman–Crippen LogP) is 3.24. The molecule has 0 aliphatic heterocycles. The van der Waals surface area contributed by atoms with E-state index in [1.807, 2.05) is 25.1 Å². The van der Waals surface area contributed by atoms with E-state index >= 15 is 0 Å². The van der Waals surface area contributed by atoms with Gasteiger partial charge in [-0.15, -0.1) is 0 Å². The van der Waals surface area contributed by atoms with Gasteiger partial charge in [-0.1, -0.05) is 6.07 Å². The van der Waals surface area contributed by atoms with Gasteiger partial charge in [0.2, 0.25) is 5.95 Å². The number of unbranched alkanes of at least 4 members (excludes halogenated alkanes) is 1. The fraction of sp³-hybridized carbons (Fsp3) is 0.300. The van der Waals surface area contributed by atoms with Crippen LogP contribution in [0.3, 0.4) is 0 Å². The second-order valence-electron chi connectivity index (χ2n) is 6.64. The summed E-state index contributed by atoms with van der Waals surface area (Å²) in [7, 11) is 0. The third-order valence-electron chi connectivity index (χ3n) is 4.34. The van der Waals surface area contributed by atoms with Crippen molar-refractivity contribution in [1.82, 2.24) is 19.9 Å². The molecule has 8 heteroatoms. The van der Waals surface area contributed by atoms with Crippen LogP contribution in [0.5, 0.6) is 0 Å². The molecule has 0 amide bonds. The van der Waals surface area contributed by atoms with E-state index in [2.05, 4.69) is 41.2 Å². The van der Waals surface area contributed by atoms with E-state index in [1.165, 1.54) is 0 Å². The third kappa shape index (κ3) is 5.63. The Labute approximate surface area is 172 Å². The maximum atomic E-state index is 12.3. The van der Waals surface area contributed by atoms with Crippen molar-refractivity contribution in [3.8, 4) is 0 Å². The summed E-state index contributed by atoms with van der Waals surface area (Å²) >= 11 is 3.36. The molecule has 0 saturated carbocycles. The molecule has 28 heavy (non-hydrogen) atoms. The SMILES string of the molecule is Cc1ccc(Cc2cnc(NCCCCc3ncc(Br)cc3N)[nH]c2=O)cn1. The first-order valence-electron chi connectivity index (χ1n) is 9.15. The number of anilines is 2. The number of aryl methyl sites for hydroxylation is 2. The fourth-order valence-electron chi connectivity index (χ4n) is 2.78. The first-order chi connectivity index (χ1) is 13.5. The highest BCUT2D eigenvalue weighted by atomic mass is 79.9. The van der Waals surface area contributed by atoms with E-state index in [1.54, 1.807) is 18.6 Å². The van der Waals surface area contributed by atoms with Crippen LogP contribution in [-0.4, -0.2) is 26.5 Å². The number of nitrogen functional groups attached to an aromatic ring is 1. The average Bonchev–Trinajstić information content (AvgIpc) is 2.67. The molecule has 0 radical (unpaired) electrons. The lowest BCUT2D eigenvalue weighted by Gasteiger charge is -2.07. The number of pyridine rings is 2. The van der Waals surface area contributed by atoms with Crippen molar-refractivity contribution in [1.29, 1.82) is 0 Å². The quantitative estimate of drug-likeness (QED) is 0.461. The summed E-state index contributed by atoms with van der Waals surface area (Å²) < 4.78 is 0.882. The molecule has 3 rings (SSSR count). The first kappa shape index (κ1) is 20.0. The Morgan fingerprint density at radius 2 is 2.00 bits per heavy atom. The zero-order valence-electron chi connectivity index (χ0n) is 15.7. The number of aromatic amines is 1. The van der Waals surface area contributed by atoms with Crippen molar-refractivity contribution in [2.75, 3.05) is 17.6 Å².